The Kier molecular flexibility index (Phi) is 11.3. The number of ether oxygens (including phenoxy) is 2. The molecule has 0 saturated carbocycles. The molecule has 5 heteroatoms. The third-order valence-corrected chi connectivity index (χ3v) is 6.43. The number of benzene rings is 3. The maximum Gasteiger partial charge on any atom is 0.338 e. The van der Waals surface area contributed by atoms with Gasteiger partial charge in [0.2, 0.25) is 5.78 Å². The second-order valence-corrected chi connectivity index (χ2v) is 9.50. The van der Waals surface area contributed by atoms with Crippen LogP contribution in [0.15, 0.2) is 72.8 Å². The van der Waals surface area contributed by atoms with Gasteiger partial charge in [-0.25, -0.2) is 4.79 Å². The van der Waals surface area contributed by atoms with Crippen LogP contribution in [0.2, 0.25) is 0 Å². The van der Waals surface area contributed by atoms with Gasteiger partial charge in [-0.1, -0.05) is 100 Å². The molecule has 1 atom stereocenters. The number of unbranched alkanes of at least 4 members (excludes halogenated alkanes) is 4. The van der Waals surface area contributed by atoms with E-state index in [0.29, 0.717) is 24.2 Å². The van der Waals surface area contributed by atoms with Crippen molar-refractivity contribution < 1.29 is 23.9 Å². The molecule has 0 fully saturated rings. The summed E-state index contributed by atoms with van der Waals surface area (Å²) in [6.07, 6.45) is 5.56. The zero-order chi connectivity index (χ0) is 27.3. The summed E-state index contributed by atoms with van der Waals surface area (Å²) in [7, 11) is 0. The molecule has 0 aromatic heterocycles. The molecular weight excluding hydrogens is 476 g/mol. The lowest BCUT2D eigenvalue weighted by molar-refractivity contribution is -0.146. The van der Waals surface area contributed by atoms with Crippen LogP contribution < -0.4 is 0 Å². The predicted molar refractivity (Wildman–Crippen MR) is 151 cm³/mol. The molecule has 38 heavy (non-hydrogen) atoms. The Labute approximate surface area is 226 Å². The maximum absolute atomic E-state index is 12.8. The van der Waals surface area contributed by atoms with Crippen LogP contribution in [0, 0.1) is 0 Å². The van der Waals surface area contributed by atoms with Crippen LogP contribution >= 0.6 is 0 Å². The summed E-state index contributed by atoms with van der Waals surface area (Å²) in [5, 5.41) is 0. The molecule has 0 aliphatic heterocycles. The van der Waals surface area contributed by atoms with Crippen molar-refractivity contribution in [2.75, 3.05) is 6.61 Å². The molecule has 1 unspecified atom stereocenters. The standard InChI is InChI=1S/C33H38O5/c1-4-6-7-8-12-22-37-33(36)28-20-21-29(25-14-10-9-11-15-25)30(23-28)26-16-18-27(19-17-26)32(35)24(3)38-31(34)13-5-2/h9-11,14-21,23-24H,4-8,12-13,22H2,1-3H3. The van der Waals surface area contributed by atoms with Crippen molar-refractivity contribution in [2.24, 2.45) is 0 Å². The lowest BCUT2D eigenvalue weighted by atomic mass is 9.92. The lowest BCUT2D eigenvalue weighted by Gasteiger charge is -2.14. The van der Waals surface area contributed by atoms with Crippen molar-refractivity contribution in [1.82, 2.24) is 0 Å². The summed E-state index contributed by atoms with van der Waals surface area (Å²) in [5.41, 5.74) is 4.69. The van der Waals surface area contributed by atoms with Gasteiger partial charge >= 0.3 is 11.9 Å². The molecule has 0 radical (unpaired) electrons. The average Bonchev–Trinajstić information content (AvgIpc) is 2.94. The molecule has 5 nitrogen and oxygen atoms in total. The number of carbonyl (C=O) groups excluding carboxylic acids is 3. The molecule has 3 aromatic carbocycles. The van der Waals surface area contributed by atoms with Crippen LogP contribution in [0.3, 0.4) is 0 Å². The normalized spacial score (nSPS) is 11.6. The van der Waals surface area contributed by atoms with E-state index in [-0.39, 0.29) is 24.1 Å². The second-order valence-electron chi connectivity index (χ2n) is 9.50. The largest absolute Gasteiger partial charge is 0.462 e. The molecule has 0 aliphatic carbocycles. The van der Waals surface area contributed by atoms with Crippen molar-refractivity contribution >= 4 is 17.7 Å². The number of carbonyl (C=O) groups is 3. The zero-order valence-electron chi connectivity index (χ0n) is 22.7. The zero-order valence-corrected chi connectivity index (χ0v) is 22.7. The molecule has 0 N–H and O–H groups in total. The van der Waals surface area contributed by atoms with E-state index < -0.39 is 6.10 Å². The van der Waals surface area contributed by atoms with Gasteiger partial charge in [0, 0.05) is 12.0 Å². The van der Waals surface area contributed by atoms with Crippen molar-refractivity contribution in [3.8, 4) is 22.3 Å². The minimum atomic E-state index is -0.847. The quantitative estimate of drug-likeness (QED) is 0.124. The van der Waals surface area contributed by atoms with E-state index in [2.05, 4.69) is 6.92 Å². The topological polar surface area (TPSA) is 69.7 Å². The van der Waals surface area contributed by atoms with E-state index in [9.17, 15) is 14.4 Å². The van der Waals surface area contributed by atoms with Crippen molar-refractivity contribution in [2.45, 2.75) is 71.8 Å². The molecule has 0 heterocycles. The first-order valence-corrected chi connectivity index (χ1v) is 13.6. The highest BCUT2D eigenvalue weighted by Crippen LogP contribution is 2.33. The Bertz CT molecular complexity index is 1200. The van der Waals surface area contributed by atoms with Crippen LogP contribution in [0.1, 0.15) is 86.4 Å². The maximum atomic E-state index is 12.8. The fourth-order valence-corrected chi connectivity index (χ4v) is 4.30. The number of hydrogen-bond acceptors (Lipinski definition) is 5. The molecule has 0 aliphatic rings. The number of rotatable bonds is 14. The van der Waals surface area contributed by atoms with Gasteiger partial charge < -0.3 is 9.47 Å². The highest BCUT2D eigenvalue weighted by molar-refractivity contribution is 6.01. The molecule has 0 amide bonds. The minimum absolute atomic E-state index is 0.249. The van der Waals surface area contributed by atoms with Gasteiger partial charge in [-0.2, -0.15) is 0 Å². The van der Waals surface area contributed by atoms with Gasteiger partial charge in [-0.05, 0) is 54.2 Å². The molecule has 3 aromatic rings. The lowest BCUT2D eigenvalue weighted by Crippen LogP contribution is -2.24. The summed E-state index contributed by atoms with van der Waals surface area (Å²) in [5.74, 6) is -0.960. The van der Waals surface area contributed by atoms with Crippen LogP contribution in [0.5, 0.6) is 0 Å². The Morgan fingerprint density at radius 3 is 2.05 bits per heavy atom. The van der Waals surface area contributed by atoms with E-state index in [4.69, 9.17) is 9.47 Å². The Morgan fingerprint density at radius 1 is 0.711 bits per heavy atom. The highest BCUT2D eigenvalue weighted by Gasteiger charge is 2.20. The Balaban J connectivity index is 1.82. The SMILES string of the molecule is CCCCCCCOC(=O)c1ccc(-c2ccccc2)c(-c2ccc(C(=O)C(C)OC(=O)CCC)cc2)c1. The van der Waals surface area contributed by atoms with Gasteiger partial charge in [0.15, 0.2) is 6.10 Å². The summed E-state index contributed by atoms with van der Waals surface area (Å²) >= 11 is 0. The Morgan fingerprint density at radius 2 is 1.37 bits per heavy atom. The fraction of sp³-hybridized carbons (Fsp3) is 0.364. The third kappa shape index (κ3) is 8.14. The first-order chi connectivity index (χ1) is 18.4. The van der Waals surface area contributed by atoms with Crippen LogP contribution in [0.4, 0.5) is 0 Å². The van der Waals surface area contributed by atoms with E-state index in [1.165, 1.54) is 12.8 Å². The Hall–Kier alpha value is -3.73. The third-order valence-electron chi connectivity index (χ3n) is 6.43. The first-order valence-electron chi connectivity index (χ1n) is 13.6. The van der Waals surface area contributed by atoms with Crippen molar-refractivity contribution in [1.29, 1.82) is 0 Å². The molecule has 0 bridgehead atoms. The number of hydrogen-bond donors (Lipinski definition) is 0. The molecule has 3 rings (SSSR count). The predicted octanol–water partition coefficient (Wildman–Crippen LogP) is 8.06. The molecule has 200 valence electrons. The van der Waals surface area contributed by atoms with Gasteiger partial charge in [-0.3, -0.25) is 9.59 Å². The smallest absolute Gasteiger partial charge is 0.338 e. The van der Waals surface area contributed by atoms with Gasteiger partial charge in [0.05, 0.1) is 12.2 Å². The number of esters is 2. The summed E-state index contributed by atoms with van der Waals surface area (Å²) in [6.45, 7) is 6.07. The fourth-order valence-electron chi connectivity index (χ4n) is 4.30. The van der Waals surface area contributed by atoms with Gasteiger partial charge in [0.25, 0.3) is 0 Å². The van der Waals surface area contributed by atoms with E-state index in [1.54, 1.807) is 25.1 Å². The summed E-state index contributed by atoms with van der Waals surface area (Å²) in [6, 6.07) is 22.7. The van der Waals surface area contributed by atoms with Gasteiger partial charge in [0.1, 0.15) is 0 Å². The van der Waals surface area contributed by atoms with Crippen LogP contribution in [0.25, 0.3) is 22.3 Å². The second kappa shape index (κ2) is 14.9. The first kappa shape index (κ1) is 28.8. The van der Waals surface area contributed by atoms with Crippen LogP contribution in [-0.4, -0.2) is 30.4 Å². The molecule has 0 saturated heterocycles. The monoisotopic (exact) mass is 514 g/mol. The average molecular weight is 515 g/mol. The van der Waals surface area contributed by atoms with E-state index >= 15 is 0 Å². The molecular formula is C33H38O5. The number of ketones is 1. The van der Waals surface area contributed by atoms with Crippen molar-refractivity contribution in [3.05, 3.63) is 83.9 Å². The van der Waals surface area contributed by atoms with Gasteiger partial charge in [-0.15, -0.1) is 0 Å². The van der Waals surface area contributed by atoms with Crippen molar-refractivity contribution in [3.63, 3.8) is 0 Å². The van der Waals surface area contributed by atoms with Crippen LogP contribution in [-0.2, 0) is 14.3 Å². The molecule has 0 spiro atoms. The van der Waals surface area contributed by atoms with E-state index in [1.807, 2.05) is 61.5 Å². The number of Topliss-reactive ketones (excluding diaryl/α,β-unsaturated/α-hetero) is 1. The minimum Gasteiger partial charge on any atom is -0.462 e. The van der Waals surface area contributed by atoms with E-state index in [0.717, 1.165) is 41.5 Å². The summed E-state index contributed by atoms with van der Waals surface area (Å²) in [4.78, 5) is 37.4. The summed E-state index contributed by atoms with van der Waals surface area (Å²) < 4.78 is 10.8. The highest BCUT2D eigenvalue weighted by atomic mass is 16.5.